The maximum absolute atomic E-state index is 12.9. The highest BCUT2D eigenvalue weighted by molar-refractivity contribution is 6.16. The minimum atomic E-state index is -4.60. The van der Waals surface area contributed by atoms with E-state index in [1.165, 1.54) is 12.1 Å². The number of quaternary nitrogens is 1. The van der Waals surface area contributed by atoms with Gasteiger partial charge in [0.15, 0.2) is 0 Å². The number of benzene rings is 2. The predicted octanol–water partition coefficient (Wildman–Crippen LogP) is 3.11. The van der Waals surface area contributed by atoms with Gasteiger partial charge in [0.1, 0.15) is 22.5 Å². The van der Waals surface area contributed by atoms with Crippen LogP contribution >= 0.6 is 0 Å². The van der Waals surface area contributed by atoms with Crippen LogP contribution < -0.4 is 10.2 Å². The third kappa shape index (κ3) is 2.57. The molecule has 0 bridgehead atoms. The van der Waals surface area contributed by atoms with Crippen molar-refractivity contribution in [1.29, 1.82) is 0 Å². The van der Waals surface area contributed by atoms with Crippen LogP contribution in [0.1, 0.15) is 15.9 Å². The Bertz CT molecular complexity index is 932. The molecule has 0 saturated carbocycles. The highest BCUT2D eigenvalue weighted by Gasteiger charge is 2.32. The van der Waals surface area contributed by atoms with Crippen LogP contribution in [0.15, 0.2) is 34.7 Å². The molecule has 9 heteroatoms. The Balaban J connectivity index is 2.41. The van der Waals surface area contributed by atoms with Crippen molar-refractivity contribution in [3.8, 4) is 5.75 Å². The van der Waals surface area contributed by atoms with E-state index in [-0.39, 0.29) is 38.7 Å². The van der Waals surface area contributed by atoms with Crippen LogP contribution in [-0.2, 0) is 6.18 Å². The standard InChI is InChI=1S/C15H9F4NO4/c16-6-23-10-3-4-11-12(13(10)14(21)20-22)8-5-7(15(17,18)19)1-2-9(8)24-11/h1-5H,6,20H2. The van der Waals surface area contributed by atoms with Crippen LogP contribution in [0.3, 0.4) is 0 Å². The average molecular weight is 343 g/mol. The summed E-state index contributed by atoms with van der Waals surface area (Å²) in [6.45, 7) is -1.27. The fourth-order valence-corrected chi connectivity index (χ4v) is 2.51. The molecule has 0 atom stereocenters. The monoisotopic (exact) mass is 343 g/mol. The minimum Gasteiger partial charge on any atom is -0.628 e. The maximum atomic E-state index is 12.9. The Morgan fingerprint density at radius 2 is 1.92 bits per heavy atom. The number of carbonyl (C=O) groups is 1. The van der Waals surface area contributed by atoms with Gasteiger partial charge < -0.3 is 19.8 Å². The molecule has 2 N–H and O–H groups in total. The third-order valence-corrected chi connectivity index (χ3v) is 3.49. The number of hydrogen-bond acceptors (Lipinski definition) is 4. The molecule has 0 unspecified atom stereocenters. The first kappa shape index (κ1) is 16.2. The number of hydroxylamine groups is 1. The molecular formula is C15H9F4NO4. The first-order valence-corrected chi connectivity index (χ1v) is 6.61. The molecule has 126 valence electrons. The second-order valence-corrected chi connectivity index (χ2v) is 4.86. The van der Waals surface area contributed by atoms with Gasteiger partial charge in [-0.3, -0.25) is 0 Å². The fraction of sp³-hybridized carbons (Fsp3) is 0.133. The number of nitrogens with two attached hydrogens (primary N) is 1. The van der Waals surface area contributed by atoms with Crippen LogP contribution in [0.4, 0.5) is 17.6 Å². The van der Waals surface area contributed by atoms with E-state index in [9.17, 15) is 27.6 Å². The SMILES string of the molecule is O=C([NH2+][O-])c1c(OCF)ccc2oc3ccc(C(F)(F)F)cc3c12. The molecule has 2 aromatic carbocycles. The van der Waals surface area contributed by atoms with Crippen molar-refractivity contribution in [3.63, 3.8) is 0 Å². The van der Waals surface area contributed by atoms with Crippen molar-refractivity contribution in [3.05, 3.63) is 46.7 Å². The Kier molecular flexibility index (Phi) is 3.90. The Morgan fingerprint density at radius 1 is 1.21 bits per heavy atom. The zero-order chi connectivity index (χ0) is 17.5. The maximum Gasteiger partial charge on any atom is 0.416 e. The lowest BCUT2D eigenvalue weighted by atomic mass is 10.0. The second kappa shape index (κ2) is 5.77. The summed E-state index contributed by atoms with van der Waals surface area (Å²) in [4.78, 5) is 11.9. The molecule has 0 aliphatic carbocycles. The minimum absolute atomic E-state index is 0.0191. The summed E-state index contributed by atoms with van der Waals surface area (Å²) in [6.07, 6.45) is -4.60. The molecule has 0 fully saturated rings. The first-order chi connectivity index (χ1) is 11.4. The second-order valence-electron chi connectivity index (χ2n) is 4.86. The number of primary amides is 1. The van der Waals surface area contributed by atoms with Crippen LogP contribution in [0.5, 0.6) is 5.75 Å². The molecule has 0 aliphatic heterocycles. The molecule has 1 heterocycles. The van der Waals surface area contributed by atoms with Gasteiger partial charge in [0.25, 0.3) is 0 Å². The first-order valence-electron chi connectivity index (χ1n) is 6.61. The topological polar surface area (TPSA) is 79.1 Å². The van der Waals surface area contributed by atoms with Crippen molar-refractivity contribution >= 4 is 27.8 Å². The lowest BCUT2D eigenvalue weighted by Crippen LogP contribution is -2.81. The number of halogens is 4. The van der Waals surface area contributed by atoms with Gasteiger partial charge in [-0.05, 0) is 30.3 Å². The third-order valence-electron chi connectivity index (χ3n) is 3.49. The molecule has 3 aromatic rings. The summed E-state index contributed by atoms with van der Waals surface area (Å²) >= 11 is 0. The summed E-state index contributed by atoms with van der Waals surface area (Å²) in [5.74, 6) is -1.30. The van der Waals surface area contributed by atoms with E-state index in [0.29, 0.717) is 0 Å². The van der Waals surface area contributed by atoms with Crippen molar-refractivity contribution in [2.24, 2.45) is 0 Å². The molecule has 3 rings (SSSR count). The van der Waals surface area contributed by atoms with E-state index >= 15 is 0 Å². The normalized spacial score (nSPS) is 12.0. The number of carbonyl (C=O) groups excluding carboxylic acids is 1. The Labute approximate surface area is 131 Å². The fourth-order valence-electron chi connectivity index (χ4n) is 2.51. The molecular weight excluding hydrogens is 334 g/mol. The predicted molar refractivity (Wildman–Crippen MR) is 74.9 cm³/mol. The van der Waals surface area contributed by atoms with Crippen LogP contribution in [-0.4, -0.2) is 12.8 Å². The van der Waals surface area contributed by atoms with Gasteiger partial charge in [-0.25, -0.2) is 9.18 Å². The summed E-state index contributed by atoms with van der Waals surface area (Å²) in [7, 11) is 0. The lowest BCUT2D eigenvalue weighted by molar-refractivity contribution is -0.481. The zero-order valence-corrected chi connectivity index (χ0v) is 11.8. The molecule has 5 nitrogen and oxygen atoms in total. The van der Waals surface area contributed by atoms with Gasteiger partial charge >= 0.3 is 12.1 Å². The number of rotatable bonds is 3. The van der Waals surface area contributed by atoms with Crippen LogP contribution in [0.2, 0.25) is 0 Å². The summed E-state index contributed by atoms with van der Waals surface area (Å²) in [5.41, 5.74) is -1.12. The molecule has 0 spiro atoms. The van der Waals surface area contributed by atoms with Gasteiger partial charge in [-0.15, -0.1) is 0 Å². The van der Waals surface area contributed by atoms with Gasteiger partial charge in [-0.1, -0.05) is 0 Å². The van der Waals surface area contributed by atoms with Crippen LogP contribution in [0, 0.1) is 5.21 Å². The molecule has 0 saturated heterocycles. The highest BCUT2D eigenvalue weighted by Crippen LogP contribution is 2.39. The molecule has 0 radical (unpaired) electrons. The molecule has 1 aromatic heterocycles. The number of alkyl halides is 4. The quantitative estimate of drug-likeness (QED) is 0.585. The van der Waals surface area contributed by atoms with E-state index in [2.05, 4.69) is 4.74 Å². The summed E-state index contributed by atoms with van der Waals surface area (Å²) in [5, 5.41) is 10.8. The van der Waals surface area contributed by atoms with E-state index in [4.69, 9.17) is 4.42 Å². The van der Waals surface area contributed by atoms with Crippen molar-refractivity contribution in [1.82, 2.24) is 0 Å². The Hall–Kier alpha value is -2.65. The average Bonchev–Trinajstić information content (AvgIpc) is 2.91. The van der Waals surface area contributed by atoms with E-state index in [1.54, 1.807) is 0 Å². The molecule has 24 heavy (non-hydrogen) atoms. The van der Waals surface area contributed by atoms with E-state index in [1.807, 2.05) is 0 Å². The van der Waals surface area contributed by atoms with Crippen molar-refractivity contribution < 1.29 is 37.0 Å². The zero-order valence-electron chi connectivity index (χ0n) is 11.8. The lowest BCUT2D eigenvalue weighted by Gasteiger charge is -2.09. The van der Waals surface area contributed by atoms with Crippen molar-refractivity contribution in [2.75, 3.05) is 6.86 Å². The smallest absolute Gasteiger partial charge is 0.416 e. The number of amides is 1. The molecule has 1 amide bonds. The summed E-state index contributed by atoms with van der Waals surface area (Å²) in [6, 6.07) is 5.30. The van der Waals surface area contributed by atoms with Gasteiger partial charge in [0, 0.05) is 10.8 Å². The molecule has 0 aliphatic rings. The number of furan rings is 1. The highest BCUT2D eigenvalue weighted by atomic mass is 19.4. The number of ether oxygens (including phenoxy) is 1. The Morgan fingerprint density at radius 3 is 2.54 bits per heavy atom. The van der Waals surface area contributed by atoms with Crippen molar-refractivity contribution in [2.45, 2.75) is 6.18 Å². The van der Waals surface area contributed by atoms with Gasteiger partial charge in [-0.2, -0.15) is 13.2 Å². The van der Waals surface area contributed by atoms with Gasteiger partial charge in [0.05, 0.1) is 5.56 Å². The van der Waals surface area contributed by atoms with E-state index < -0.39 is 24.5 Å². The van der Waals surface area contributed by atoms with Gasteiger partial charge in [0.2, 0.25) is 6.86 Å². The largest absolute Gasteiger partial charge is 0.628 e. The van der Waals surface area contributed by atoms with E-state index in [0.717, 1.165) is 18.2 Å². The summed E-state index contributed by atoms with van der Waals surface area (Å²) < 4.78 is 61.3. The number of hydrogen-bond donors (Lipinski definition) is 1. The number of fused-ring (bicyclic) bond motifs is 3. The van der Waals surface area contributed by atoms with Crippen LogP contribution in [0.25, 0.3) is 21.9 Å².